The number of nitrogens with one attached hydrogen (secondary N) is 2. The zero-order valence-corrected chi connectivity index (χ0v) is 14.1. The lowest BCUT2D eigenvalue weighted by atomic mass is 10.2. The summed E-state index contributed by atoms with van der Waals surface area (Å²) in [5.41, 5.74) is 1.39. The molecule has 0 bridgehead atoms. The van der Waals surface area contributed by atoms with Crippen LogP contribution in [0.3, 0.4) is 0 Å². The highest BCUT2D eigenvalue weighted by molar-refractivity contribution is 6.30. The SMILES string of the molecule is COc1cccc(NC(=O)NCc2nc(-c3ccc(Cl)cc3)no2)c1. The van der Waals surface area contributed by atoms with E-state index < -0.39 is 0 Å². The molecule has 3 aromatic rings. The number of nitrogens with zero attached hydrogens (tertiary/aromatic N) is 2. The lowest BCUT2D eigenvalue weighted by Crippen LogP contribution is -2.28. The first kappa shape index (κ1) is 16.8. The first-order valence-corrected chi connectivity index (χ1v) is 7.79. The molecule has 8 heteroatoms. The quantitative estimate of drug-likeness (QED) is 0.725. The number of hydrogen-bond donors (Lipinski definition) is 2. The van der Waals surface area contributed by atoms with Crippen molar-refractivity contribution in [2.24, 2.45) is 0 Å². The Morgan fingerprint density at radius 3 is 2.80 bits per heavy atom. The number of hydrogen-bond acceptors (Lipinski definition) is 5. The summed E-state index contributed by atoms with van der Waals surface area (Å²) in [7, 11) is 1.56. The minimum Gasteiger partial charge on any atom is -0.497 e. The maximum absolute atomic E-state index is 11.9. The highest BCUT2D eigenvalue weighted by Gasteiger charge is 2.10. The summed E-state index contributed by atoms with van der Waals surface area (Å²) in [6.45, 7) is 0.108. The Kier molecular flexibility index (Phi) is 5.15. The average Bonchev–Trinajstić information content (AvgIpc) is 3.10. The summed E-state index contributed by atoms with van der Waals surface area (Å²) in [6, 6.07) is 13.7. The second-order valence-corrected chi connectivity index (χ2v) is 5.49. The van der Waals surface area contributed by atoms with Crippen molar-refractivity contribution in [3.63, 3.8) is 0 Å². The highest BCUT2D eigenvalue weighted by Crippen LogP contribution is 2.19. The molecule has 0 aliphatic heterocycles. The maximum Gasteiger partial charge on any atom is 0.319 e. The number of benzene rings is 2. The number of carbonyl (C=O) groups excluding carboxylic acids is 1. The number of halogens is 1. The van der Waals surface area contributed by atoms with Crippen LogP contribution in [0, 0.1) is 0 Å². The summed E-state index contributed by atoms with van der Waals surface area (Å²) in [5, 5.41) is 9.86. The molecule has 7 nitrogen and oxygen atoms in total. The third-order valence-electron chi connectivity index (χ3n) is 3.30. The molecule has 2 aromatic carbocycles. The Bertz CT molecular complexity index is 864. The molecule has 0 saturated heterocycles. The molecule has 1 aromatic heterocycles. The molecular formula is C17H15ClN4O3. The van der Waals surface area contributed by atoms with E-state index in [0.29, 0.717) is 28.2 Å². The smallest absolute Gasteiger partial charge is 0.319 e. The fourth-order valence-corrected chi connectivity index (χ4v) is 2.20. The third-order valence-corrected chi connectivity index (χ3v) is 3.55. The summed E-state index contributed by atoms with van der Waals surface area (Å²) in [6.07, 6.45) is 0. The van der Waals surface area contributed by atoms with Crippen LogP contribution in [0.15, 0.2) is 53.1 Å². The minimum absolute atomic E-state index is 0.108. The van der Waals surface area contributed by atoms with Gasteiger partial charge in [0.25, 0.3) is 0 Å². The molecule has 0 unspecified atom stereocenters. The van der Waals surface area contributed by atoms with Crippen molar-refractivity contribution in [2.75, 3.05) is 12.4 Å². The Morgan fingerprint density at radius 2 is 2.04 bits per heavy atom. The van der Waals surface area contributed by atoms with E-state index in [4.69, 9.17) is 20.9 Å². The number of amides is 2. The normalized spacial score (nSPS) is 10.3. The monoisotopic (exact) mass is 358 g/mol. The van der Waals surface area contributed by atoms with Gasteiger partial charge in [0.15, 0.2) is 0 Å². The van der Waals surface area contributed by atoms with Crippen molar-refractivity contribution in [3.8, 4) is 17.1 Å². The first-order chi connectivity index (χ1) is 12.1. The van der Waals surface area contributed by atoms with Crippen LogP contribution in [0.25, 0.3) is 11.4 Å². The Labute approximate surface area is 149 Å². The number of aromatic nitrogens is 2. The molecule has 0 spiro atoms. The average molecular weight is 359 g/mol. The van der Waals surface area contributed by atoms with Gasteiger partial charge in [0.1, 0.15) is 5.75 Å². The van der Waals surface area contributed by atoms with E-state index in [0.717, 1.165) is 5.56 Å². The van der Waals surface area contributed by atoms with E-state index in [-0.39, 0.29) is 12.6 Å². The van der Waals surface area contributed by atoms with Crippen LogP contribution < -0.4 is 15.4 Å². The number of methoxy groups -OCH3 is 1. The van der Waals surface area contributed by atoms with Crippen molar-refractivity contribution in [2.45, 2.75) is 6.54 Å². The fourth-order valence-electron chi connectivity index (χ4n) is 2.07. The lowest BCUT2D eigenvalue weighted by molar-refractivity contribution is 0.249. The zero-order valence-electron chi connectivity index (χ0n) is 13.3. The summed E-state index contributed by atoms with van der Waals surface area (Å²) in [4.78, 5) is 16.2. The Morgan fingerprint density at radius 1 is 1.24 bits per heavy atom. The summed E-state index contributed by atoms with van der Waals surface area (Å²) >= 11 is 5.85. The third kappa shape index (κ3) is 4.48. The predicted octanol–water partition coefficient (Wildman–Crippen LogP) is 3.72. The van der Waals surface area contributed by atoms with Crippen molar-refractivity contribution in [1.82, 2.24) is 15.5 Å². The summed E-state index contributed by atoms with van der Waals surface area (Å²) < 4.78 is 10.2. The fraction of sp³-hybridized carbons (Fsp3) is 0.118. The second kappa shape index (κ2) is 7.67. The van der Waals surface area contributed by atoms with Gasteiger partial charge in [0, 0.05) is 22.3 Å². The highest BCUT2D eigenvalue weighted by atomic mass is 35.5. The van der Waals surface area contributed by atoms with Gasteiger partial charge in [0.05, 0.1) is 13.7 Å². The summed E-state index contributed by atoms with van der Waals surface area (Å²) in [5.74, 6) is 1.38. The Balaban J connectivity index is 1.56. The molecule has 0 aliphatic rings. The van der Waals surface area contributed by atoms with Gasteiger partial charge in [-0.15, -0.1) is 0 Å². The van der Waals surface area contributed by atoms with Crippen molar-refractivity contribution in [3.05, 3.63) is 59.4 Å². The predicted molar refractivity (Wildman–Crippen MR) is 93.6 cm³/mol. The largest absolute Gasteiger partial charge is 0.497 e. The Hall–Kier alpha value is -3.06. The molecule has 2 amide bonds. The molecule has 0 saturated carbocycles. The van der Waals surface area contributed by atoms with Crippen LogP contribution in [0.1, 0.15) is 5.89 Å². The van der Waals surface area contributed by atoms with Gasteiger partial charge in [-0.05, 0) is 36.4 Å². The van der Waals surface area contributed by atoms with Crippen LogP contribution in [0.5, 0.6) is 5.75 Å². The number of carbonyl (C=O) groups is 1. The van der Waals surface area contributed by atoms with E-state index in [1.54, 1.807) is 55.6 Å². The van der Waals surface area contributed by atoms with Gasteiger partial charge in [-0.1, -0.05) is 22.8 Å². The van der Waals surface area contributed by atoms with E-state index in [1.807, 2.05) is 0 Å². The van der Waals surface area contributed by atoms with E-state index in [2.05, 4.69) is 20.8 Å². The standard InChI is InChI=1S/C17H15ClN4O3/c1-24-14-4-2-3-13(9-14)20-17(23)19-10-15-21-16(22-25-15)11-5-7-12(18)8-6-11/h2-9H,10H2,1H3,(H2,19,20,23). The van der Waals surface area contributed by atoms with E-state index in [9.17, 15) is 4.79 Å². The molecule has 0 radical (unpaired) electrons. The zero-order chi connectivity index (χ0) is 17.6. The van der Waals surface area contributed by atoms with Gasteiger partial charge in [0.2, 0.25) is 11.7 Å². The molecule has 25 heavy (non-hydrogen) atoms. The maximum atomic E-state index is 11.9. The van der Waals surface area contributed by atoms with Crippen LogP contribution in [0.2, 0.25) is 5.02 Å². The topological polar surface area (TPSA) is 89.3 Å². The molecule has 128 valence electrons. The van der Waals surface area contributed by atoms with Crippen LogP contribution in [-0.2, 0) is 6.54 Å². The van der Waals surface area contributed by atoms with Crippen molar-refractivity contribution >= 4 is 23.3 Å². The second-order valence-electron chi connectivity index (χ2n) is 5.06. The molecular weight excluding hydrogens is 344 g/mol. The number of ether oxygens (including phenoxy) is 1. The number of urea groups is 1. The molecule has 0 fully saturated rings. The molecule has 2 N–H and O–H groups in total. The molecule has 0 aliphatic carbocycles. The van der Waals surface area contributed by atoms with Crippen molar-refractivity contribution < 1.29 is 14.1 Å². The van der Waals surface area contributed by atoms with Crippen LogP contribution in [0.4, 0.5) is 10.5 Å². The van der Waals surface area contributed by atoms with Gasteiger partial charge in [-0.3, -0.25) is 0 Å². The minimum atomic E-state index is -0.389. The molecule has 3 rings (SSSR count). The van der Waals surface area contributed by atoms with E-state index in [1.165, 1.54) is 0 Å². The molecule has 0 atom stereocenters. The van der Waals surface area contributed by atoms with Gasteiger partial charge in [-0.25, -0.2) is 4.79 Å². The van der Waals surface area contributed by atoms with Crippen molar-refractivity contribution in [1.29, 1.82) is 0 Å². The van der Waals surface area contributed by atoms with Crippen LogP contribution >= 0.6 is 11.6 Å². The van der Waals surface area contributed by atoms with Gasteiger partial charge < -0.3 is 19.9 Å². The number of anilines is 1. The lowest BCUT2D eigenvalue weighted by Gasteiger charge is -2.07. The van der Waals surface area contributed by atoms with Gasteiger partial charge in [-0.2, -0.15) is 4.98 Å². The number of rotatable bonds is 5. The molecule has 1 heterocycles. The van der Waals surface area contributed by atoms with Crippen LogP contribution in [-0.4, -0.2) is 23.3 Å². The first-order valence-electron chi connectivity index (χ1n) is 7.41. The van der Waals surface area contributed by atoms with Gasteiger partial charge >= 0.3 is 6.03 Å². The van der Waals surface area contributed by atoms with E-state index >= 15 is 0 Å².